The summed E-state index contributed by atoms with van der Waals surface area (Å²) in [6.07, 6.45) is 4.64. The number of hydrogen-bond donors (Lipinski definition) is 1. The smallest absolute Gasteiger partial charge is 0.407 e. The molecule has 7 heteroatoms. The first-order chi connectivity index (χ1) is 10.6. The molecule has 1 aliphatic carbocycles. The minimum absolute atomic E-state index is 0.142. The maximum atomic E-state index is 11.8. The van der Waals surface area contributed by atoms with Crippen LogP contribution in [0.5, 0.6) is 0 Å². The van der Waals surface area contributed by atoms with Crippen LogP contribution in [0.15, 0.2) is 16.8 Å². The van der Waals surface area contributed by atoms with Crippen LogP contribution in [0.2, 0.25) is 5.02 Å². The zero-order valence-corrected chi connectivity index (χ0v) is 15.5. The van der Waals surface area contributed by atoms with Gasteiger partial charge in [0.1, 0.15) is 10.1 Å². The zero-order chi connectivity index (χ0) is 17.3. The van der Waals surface area contributed by atoms with Crippen molar-refractivity contribution in [2.24, 2.45) is 0 Å². The van der Waals surface area contributed by atoms with Crippen molar-refractivity contribution in [2.45, 2.75) is 44.6 Å². The van der Waals surface area contributed by atoms with E-state index in [0.29, 0.717) is 11.6 Å². The molecule has 0 unspecified atom stereocenters. The van der Waals surface area contributed by atoms with Gasteiger partial charge in [-0.15, -0.1) is 0 Å². The predicted octanol–water partition coefficient (Wildman–Crippen LogP) is 5.07. The maximum Gasteiger partial charge on any atom is 0.407 e. The van der Waals surface area contributed by atoms with Gasteiger partial charge in [0.15, 0.2) is 0 Å². The van der Waals surface area contributed by atoms with E-state index in [1.54, 1.807) is 18.3 Å². The van der Waals surface area contributed by atoms with Gasteiger partial charge in [-0.05, 0) is 51.3 Å². The number of nitrogens with one attached hydrogen (secondary N) is 1. The van der Waals surface area contributed by atoms with Crippen LogP contribution >= 0.6 is 34.8 Å². The van der Waals surface area contributed by atoms with E-state index in [0.717, 1.165) is 24.1 Å². The molecule has 1 aliphatic rings. The molecule has 1 N–H and O–H groups in total. The van der Waals surface area contributed by atoms with Crippen LogP contribution in [0.25, 0.3) is 6.08 Å². The van der Waals surface area contributed by atoms with E-state index in [1.165, 1.54) is 0 Å². The van der Waals surface area contributed by atoms with Gasteiger partial charge in [-0.3, -0.25) is 4.98 Å². The first kappa shape index (κ1) is 18.4. The van der Waals surface area contributed by atoms with E-state index in [2.05, 4.69) is 10.3 Å². The average molecular weight is 378 g/mol. The second kappa shape index (κ2) is 6.88. The highest BCUT2D eigenvalue weighted by molar-refractivity contribution is 6.57. The van der Waals surface area contributed by atoms with Gasteiger partial charge in [0, 0.05) is 18.2 Å². The number of ether oxygens (including phenoxy) is 1. The molecule has 23 heavy (non-hydrogen) atoms. The summed E-state index contributed by atoms with van der Waals surface area (Å²) in [5, 5.41) is 3.34. The van der Waals surface area contributed by atoms with Gasteiger partial charge < -0.3 is 10.1 Å². The molecule has 4 nitrogen and oxygen atoms in total. The molecule has 0 saturated heterocycles. The van der Waals surface area contributed by atoms with Crippen molar-refractivity contribution >= 4 is 47.0 Å². The van der Waals surface area contributed by atoms with Gasteiger partial charge in [0.25, 0.3) is 0 Å². The minimum atomic E-state index is -0.522. The van der Waals surface area contributed by atoms with Crippen LogP contribution in [0.1, 0.15) is 44.9 Å². The first-order valence-electron chi connectivity index (χ1n) is 7.27. The fraction of sp³-hybridized carbons (Fsp3) is 0.500. The number of aromatic nitrogens is 1. The Hall–Kier alpha value is -0.970. The number of amides is 1. The summed E-state index contributed by atoms with van der Waals surface area (Å²) in [6.45, 7) is 5.92. The molecule has 1 fully saturated rings. The quantitative estimate of drug-likeness (QED) is 0.797. The maximum absolute atomic E-state index is 11.8. The van der Waals surface area contributed by atoms with Crippen molar-refractivity contribution in [3.63, 3.8) is 0 Å². The normalized spacial score (nSPS) is 15.7. The molecule has 0 atom stereocenters. The highest BCUT2D eigenvalue weighted by atomic mass is 35.5. The zero-order valence-electron chi connectivity index (χ0n) is 13.3. The summed E-state index contributed by atoms with van der Waals surface area (Å²) in [4.78, 5) is 16.2. The number of nitrogens with zero attached hydrogens (tertiary/aromatic N) is 1. The summed E-state index contributed by atoms with van der Waals surface area (Å²) >= 11 is 17.6. The molecule has 126 valence electrons. The molecule has 0 spiro atoms. The van der Waals surface area contributed by atoms with Crippen molar-refractivity contribution in [2.75, 3.05) is 6.54 Å². The molecule has 0 aliphatic heterocycles. The summed E-state index contributed by atoms with van der Waals surface area (Å²) in [5.74, 6) is 0. The number of rotatable bonds is 4. The van der Waals surface area contributed by atoms with Crippen LogP contribution in [0.3, 0.4) is 0 Å². The molecular weight excluding hydrogens is 359 g/mol. The van der Waals surface area contributed by atoms with E-state index in [4.69, 9.17) is 39.5 Å². The van der Waals surface area contributed by atoms with Crippen molar-refractivity contribution in [3.8, 4) is 0 Å². The first-order valence-corrected chi connectivity index (χ1v) is 8.40. The van der Waals surface area contributed by atoms with E-state index < -0.39 is 11.7 Å². The topological polar surface area (TPSA) is 51.2 Å². The lowest BCUT2D eigenvalue weighted by Gasteiger charge is -2.22. The Morgan fingerprint density at radius 3 is 2.57 bits per heavy atom. The highest BCUT2D eigenvalue weighted by Crippen LogP contribution is 2.49. The predicted molar refractivity (Wildman–Crippen MR) is 94.1 cm³/mol. The van der Waals surface area contributed by atoms with E-state index in [9.17, 15) is 4.79 Å². The third kappa shape index (κ3) is 5.27. The van der Waals surface area contributed by atoms with Crippen molar-refractivity contribution < 1.29 is 9.53 Å². The molecule has 2 rings (SSSR count). The van der Waals surface area contributed by atoms with Crippen molar-refractivity contribution in [1.29, 1.82) is 0 Å². The van der Waals surface area contributed by atoms with Gasteiger partial charge in [0.2, 0.25) is 0 Å². The van der Waals surface area contributed by atoms with Crippen LogP contribution in [-0.4, -0.2) is 23.2 Å². The van der Waals surface area contributed by atoms with Crippen molar-refractivity contribution in [3.05, 3.63) is 33.0 Å². The molecule has 0 aromatic carbocycles. The number of halogens is 3. The standard InChI is InChI=1S/C16H19Cl3N2O2/c1-15(2,3)23-14(22)21-9-16(4-5-16)13-11(17)6-10(8-20-13)7-12(18)19/h6-8H,4-5,9H2,1-3H3,(H,21,22). The summed E-state index contributed by atoms with van der Waals surface area (Å²) in [7, 11) is 0. The Balaban J connectivity index is 2.06. The SMILES string of the molecule is CC(C)(C)OC(=O)NCC1(c2ncc(C=C(Cl)Cl)cc2Cl)CC1. The molecule has 1 saturated carbocycles. The minimum Gasteiger partial charge on any atom is -0.444 e. The third-order valence-corrected chi connectivity index (χ3v) is 3.97. The molecular formula is C16H19Cl3N2O2. The molecule has 1 aromatic heterocycles. The number of carbonyl (C=O) groups is 1. The van der Waals surface area contributed by atoms with Gasteiger partial charge in [0.05, 0.1) is 10.7 Å². The Kier molecular flexibility index (Phi) is 5.49. The molecule has 1 aromatic rings. The summed E-state index contributed by atoms with van der Waals surface area (Å²) < 4.78 is 5.39. The monoisotopic (exact) mass is 376 g/mol. The van der Waals surface area contributed by atoms with E-state index >= 15 is 0 Å². The second-order valence-electron chi connectivity index (χ2n) is 6.67. The molecule has 0 bridgehead atoms. The highest BCUT2D eigenvalue weighted by Gasteiger charge is 2.47. The largest absolute Gasteiger partial charge is 0.444 e. The lowest BCUT2D eigenvalue weighted by atomic mass is 10.0. The summed E-state index contributed by atoms with van der Waals surface area (Å²) in [5.41, 5.74) is 0.764. The van der Waals surface area contributed by atoms with Crippen molar-refractivity contribution in [1.82, 2.24) is 10.3 Å². The van der Waals surface area contributed by atoms with Crippen LogP contribution < -0.4 is 5.32 Å². The number of alkyl carbamates (subject to hydrolysis) is 1. The lowest BCUT2D eigenvalue weighted by Crippen LogP contribution is -2.37. The molecule has 0 radical (unpaired) electrons. The fourth-order valence-corrected chi connectivity index (χ4v) is 2.88. The molecule has 1 heterocycles. The molecule has 1 amide bonds. The lowest BCUT2D eigenvalue weighted by molar-refractivity contribution is 0.0522. The van der Waals surface area contributed by atoms with Gasteiger partial charge >= 0.3 is 6.09 Å². The Labute approximate surface area is 151 Å². The van der Waals surface area contributed by atoms with Crippen LogP contribution in [0.4, 0.5) is 4.79 Å². The Bertz CT molecular complexity index is 631. The van der Waals surface area contributed by atoms with Crippen LogP contribution in [0, 0.1) is 0 Å². The van der Waals surface area contributed by atoms with Gasteiger partial charge in [-0.1, -0.05) is 34.8 Å². The third-order valence-electron chi connectivity index (χ3n) is 3.46. The van der Waals surface area contributed by atoms with Crippen LogP contribution in [-0.2, 0) is 10.2 Å². The fourth-order valence-electron chi connectivity index (χ4n) is 2.25. The number of hydrogen-bond acceptors (Lipinski definition) is 3. The van der Waals surface area contributed by atoms with Gasteiger partial charge in [-0.25, -0.2) is 4.79 Å². The van der Waals surface area contributed by atoms with E-state index in [-0.39, 0.29) is 9.91 Å². The number of carbonyl (C=O) groups excluding carboxylic acids is 1. The average Bonchev–Trinajstić information content (AvgIpc) is 3.14. The Morgan fingerprint density at radius 2 is 2.09 bits per heavy atom. The second-order valence-corrected chi connectivity index (χ2v) is 8.08. The summed E-state index contributed by atoms with van der Waals surface area (Å²) in [6, 6.07) is 1.77. The van der Waals surface area contributed by atoms with Gasteiger partial charge in [-0.2, -0.15) is 0 Å². The number of pyridine rings is 1. The van der Waals surface area contributed by atoms with E-state index in [1.807, 2.05) is 20.8 Å². The Morgan fingerprint density at radius 1 is 1.43 bits per heavy atom.